The first kappa shape index (κ1) is 8.97. The second-order valence-corrected chi connectivity index (χ2v) is 3.63. The van der Waals surface area contributed by atoms with Crippen LogP contribution < -0.4 is 5.73 Å². The van der Waals surface area contributed by atoms with Crippen molar-refractivity contribution in [2.24, 2.45) is 5.73 Å². The van der Waals surface area contributed by atoms with Gasteiger partial charge in [-0.3, -0.25) is 4.90 Å². The lowest BCUT2D eigenvalue weighted by Gasteiger charge is -2.36. The van der Waals surface area contributed by atoms with Gasteiger partial charge in [-0.05, 0) is 33.4 Å². The number of likely N-dealkylation sites (N-methyl/N-ethyl adjacent to an activating group) is 1. The van der Waals surface area contributed by atoms with Crippen LogP contribution in [0.2, 0.25) is 0 Å². The molecule has 11 heavy (non-hydrogen) atoms. The fourth-order valence-corrected chi connectivity index (χ4v) is 1.80. The van der Waals surface area contributed by atoms with Crippen molar-refractivity contribution in [1.82, 2.24) is 4.90 Å². The summed E-state index contributed by atoms with van der Waals surface area (Å²) in [5, 5.41) is 9.62. The molecule has 0 amide bonds. The summed E-state index contributed by atoms with van der Waals surface area (Å²) in [6.45, 7) is 3.52. The van der Waals surface area contributed by atoms with Gasteiger partial charge < -0.3 is 10.8 Å². The van der Waals surface area contributed by atoms with Crippen molar-refractivity contribution in [2.45, 2.75) is 31.4 Å². The van der Waals surface area contributed by atoms with Crippen LogP contribution in [-0.2, 0) is 0 Å². The van der Waals surface area contributed by atoms with Crippen LogP contribution in [0, 0.1) is 0 Å². The molecule has 1 saturated heterocycles. The minimum Gasteiger partial charge on any atom is -0.390 e. The quantitative estimate of drug-likeness (QED) is 0.584. The molecule has 1 aliphatic heterocycles. The van der Waals surface area contributed by atoms with Gasteiger partial charge in [-0.2, -0.15) is 0 Å². The van der Waals surface area contributed by atoms with Gasteiger partial charge in [0.15, 0.2) is 0 Å². The maximum absolute atomic E-state index is 9.62. The summed E-state index contributed by atoms with van der Waals surface area (Å²) in [6.07, 6.45) is 1.85. The summed E-state index contributed by atoms with van der Waals surface area (Å²) < 4.78 is 0. The van der Waals surface area contributed by atoms with Gasteiger partial charge in [0.25, 0.3) is 0 Å². The minimum absolute atomic E-state index is 0.0747. The van der Waals surface area contributed by atoms with Crippen molar-refractivity contribution >= 4 is 0 Å². The number of nitrogens with zero attached hydrogens (tertiary/aromatic N) is 1. The first-order valence-electron chi connectivity index (χ1n) is 4.20. The van der Waals surface area contributed by atoms with E-state index in [2.05, 4.69) is 11.8 Å². The molecule has 0 aromatic carbocycles. The molecule has 66 valence electrons. The van der Waals surface area contributed by atoms with Gasteiger partial charge in [0, 0.05) is 12.1 Å². The summed E-state index contributed by atoms with van der Waals surface area (Å²) in [7, 11) is 2.05. The van der Waals surface area contributed by atoms with E-state index in [0.29, 0.717) is 6.54 Å². The zero-order valence-electron chi connectivity index (χ0n) is 7.38. The molecule has 0 aromatic rings. The molecule has 0 bridgehead atoms. The van der Waals surface area contributed by atoms with Crippen LogP contribution in [0.5, 0.6) is 0 Å². The largest absolute Gasteiger partial charge is 0.390 e. The number of aliphatic hydroxyl groups is 1. The molecule has 1 fully saturated rings. The predicted molar refractivity (Wildman–Crippen MR) is 45.3 cm³/mol. The van der Waals surface area contributed by atoms with E-state index in [1.165, 1.54) is 6.42 Å². The van der Waals surface area contributed by atoms with Crippen LogP contribution in [0.15, 0.2) is 0 Å². The maximum atomic E-state index is 9.62. The third-order valence-electron chi connectivity index (χ3n) is 2.99. The van der Waals surface area contributed by atoms with Crippen LogP contribution in [0.4, 0.5) is 0 Å². The van der Waals surface area contributed by atoms with E-state index in [4.69, 9.17) is 5.73 Å². The number of rotatable bonds is 2. The fraction of sp³-hybridized carbons (Fsp3) is 1.00. The molecule has 1 heterocycles. The van der Waals surface area contributed by atoms with Gasteiger partial charge in [-0.15, -0.1) is 0 Å². The number of aliphatic hydroxyl groups excluding tert-OH is 1. The molecule has 0 radical (unpaired) electrons. The molecular formula is C8H18N2O. The van der Waals surface area contributed by atoms with Gasteiger partial charge in [0.05, 0.1) is 6.10 Å². The molecule has 0 aliphatic carbocycles. The lowest BCUT2D eigenvalue weighted by atomic mass is 9.92. The summed E-state index contributed by atoms with van der Waals surface area (Å²) in [6, 6.07) is 0. The highest BCUT2D eigenvalue weighted by Crippen LogP contribution is 2.29. The van der Waals surface area contributed by atoms with Crippen molar-refractivity contribution in [1.29, 1.82) is 0 Å². The Hall–Kier alpha value is -0.120. The van der Waals surface area contributed by atoms with Crippen LogP contribution in [0.25, 0.3) is 0 Å². The van der Waals surface area contributed by atoms with Crippen molar-refractivity contribution in [2.75, 3.05) is 20.1 Å². The highest BCUT2D eigenvalue weighted by molar-refractivity contribution is 4.96. The molecular weight excluding hydrogens is 140 g/mol. The van der Waals surface area contributed by atoms with E-state index in [9.17, 15) is 5.11 Å². The zero-order chi connectivity index (χ0) is 8.48. The highest BCUT2D eigenvalue weighted by Gasteiger charge is 2.39. The third-order valence-corrected chi connectivity index (χ3v) is 2.99. The molecule has 3 heteroatoms. The highest BCUT2D eigenvalue weighted by atomic mass is 16.3. The SMILES string of the molecule is CN1CCCC1(C)C(O)CN. The van der Waals surface area contributed by atoms with Crippen molar-refractivity contribution in [3.63, 3.8) is 0 Å². The van der Waals surface area contributed by atoms with Gasteiger partial charge in [-0.1, -0.05) is 0 Å². The molecule has 0 aromatic heterocycles. The summed E-state index contributed by atoms with van der Waals surface area (Å²) in [4.78, 5) is 2.20. The monoisotopic (exact) mass is 158 g/mol. The Balaban J connectivity index is 2.64. The molecule has 0 saturated carbocycles. The average molecular weight is 158 g/mol. The number of likely N-dealkylation sites (tertiary alicyclic amines) is 1. The Morgan fingerprint density at radius 1 is 1.73 bits per heavy atom. The van der Waals surface area contributed by atoms with Crippen LogP contribution >= 0.6 is 0 Å². The normalized spacial score (nSPS) is 36.0. The fourth-order valence-electron chi connectivity index (χ4n) is 1.80. The molecule has 0 spiro atoms. The van der Waals surface area contributed by atoms with Crippen LogP contribution in [-0.4, -0.2) is 41.8 Å². The average Bonchev–Trinajstić information content (AvgIpc) is 2.32. The van der Waals surface area contributed by atoms with E-state index in [1.807, 2.05) is 7.05 Å². The summed E-state index contributed by atoms with van der Waals surface area (Å²) in [5.41, 5.74) is 5.35. The second-order valence-electron chi connectivity index (χ2n) is 3.63. The van der Waals surface area contributed by atoms with Crippen molar-refractivity contribution in [3.05, 3.63) is 0 Å². The Morgan fingerprint density at radius 3 is 2.73 bits per heavy atom. The van der Waals surface area contributed by atoms with E-state index < -0.39 is 0 Å². The van der Waals surface area contributed by atoms with Crippen LogP contribution in [0.3, 0.4) is 0 Å². The number of hydrogen-bond acceptors (Lipinski definition) is 3. The standard InChI is InChI=1S/C8H18N2O/c1-8(7(11)6-9)4-3-5-10(8)2/h7,11H,3-6,9H2,1-2H3. The Kier molecular flexibility index (Phi) is 2.52. The third kappa shape index (κ3) is 1.41. The Bertz CT molecular complexity index is 140. The van der Waals surface area contributed by atoms with Gasteiger partial charge >= 0.3 is 0 Å². The Morgan fingerprint density at radius 2 is 2.36 bits per heavy atom. The lowest BCUT2D eigenvalue weighted by Crippen LogP contribution is -2.51. The zero-order valence-corrected chi connectivity index (χ0v) is 7.38. The van der Waals surface area contributed by atoms with Gasteiger partial charge in [-0.25, -0.2) is 0 Å². The van der Waals surface area contributed by atoms with E-state index >= 15 is 0 Å². The smallest absolute Gasteiger partial charge is 0.0842 e. The molecule has 3 nitrogen and oxygen atoms in total. The number of nitrogens with two attached hydrogens (primary N) is 1. The predicted octanol–water partition coefficient (Wildman–Crippen LogP) is -0.210. The first-order chi connectivity index (χ1) is 5.11. The van der Waals surface area contributed by atoms with E-state index in [0.717, 1.165) is 13.0 Å². The first-order valence-corrected chi connectivity index (χ1v) is 4.20. The van der Waals surface area contributed by atoms with Gasteiger partial charge in [0.1, 0.15) is 0 Å². The van der Waals surface area contributed by atoms with E-state index in [1.54, 1.807) is 0 Å². The van der Waals surface area contributed by atoms with E-state index in [-0.39, 0.29) is 11.6 Å². The second kappa shape index (κ2) is 3.09. The molecule has 2 atom stereocenters. The molecule has 3 N–H and O–H groups in total. The summed E-state index contributed by atoms with van der Waals surface area (Å²) >= 11 is 0. The molecule has 1 rings (SSSR count). The topological polar surface area (TPSA) is 49.5 Å². The minimum atomic E-state index is -0.380. The lowest BCUT2D eigenvalue weighted by molar-refractivity contribution is 0.0234. The van der Waals surface area contributed by atoms with Crippen molar-refractivity contribution in [3.8, 4) is 0 Å². The number of hydrogen-bond donors (Lipinski definition) is 2. The summed E-state index contributed by atoms with van der Waals surface area (Å²) in [5.74, 6) is 0. The van der Waals surface area contributed by atoms with Crippen molar-refractivity contribution < 1.29 is 5.11 Å². The van der Waals surface area contributed by atoms with Crippen LogP contribution in [0.1, 0.15) is 19.8 Å². The molecule has 2 unspecified atom stereocenters. The van der Waals surface area contributed by atoms with Gasteiger partial charge in [0.2, 0.25) is 0 Å². The molecule has 1 aliphatic rings. The maximum Gasteiger partial charge on any atom is 0.0842 e. The Labute approximate surface area is 68.2 Å².